The molecule has 1 unspecified atom stereocenters. The second kappa shape index (κ2) is 6.82. The summed E-state index contributed by atoms with van der Waals surface area (Å²) >= 11 is 0. The highest BCUT2D eigenvalue weighted by Crippen LogP contribution is 2.14. The molecule has 0 heterocycles. The molecule has 0 fully saturated rings. The van der Waals surface area contributed by atoms with Gasteiger partial charge >= 0.3 is 0 Å². The Morgan fingerprint density at radius 2 is 1.86 bits per heavy atom. The Morgan fingerprint density at radius 3 is 2.29 bits per heavy atom. The maximum Gasteiger partial charge on any atom is 0.237 e. The summed E-state index contributed by atoms with van der Waals surface area (Å²) in [6, 6.07) is 0. The van der Waals surface area contributed by atoms with Gasteiger partial charge < -0.3 is 11.1 Å². The number of nitrogens with two attached hydrogens (primary N) is 1. The standard InChI is InChI=1S/C11H24N2O/c1-4-5-6-7-8-9-11(2,13-3)10(12)14/h13H,4-9H2,1-3H3,(H2,12,14). The molecule has 0 saturated carbocycles. The van der Waals surface area contributed by atoms with Gasteiger partial charge in [-0.05, 0) is 20.4 Å². The van der Waals surface area contributed by atoms with Crippen molar-refractivity contribution in [2.24, 2.45) is 5.73 Å². The van der Waals surface area contributed by atoms with Crippen LogP contribution in [-0.4, -0.2) is 18.5 Å². The van der Waals surface area contributed by atoms with Crippen LogP contribution < -0.4 is 11.1 Å². The molecule has 1 amide bonds. The number of primary amides is 1. The average Bonchev–Trinajstić information content (AvgIpc) is 2.17. The molecular formula is C11H24N2O. The maximum atomic E-state index is 11.1. The average molecular weight is 200 g/mol. The van der Waals surface area contributed by atoms with E-state index in [1.165, 1.54) is 25.7 Å². The lowest BCUT2D eigenvalue weighted by atomic mass is 9.93. The number of carbonyl (C=O) groups excluding carboxylic acids is 1. The van der Waals surface area contributed by atoms with E-state index in [2.05, 4.69) is 12.2 Å². The number of likely N-dealkylation sites (N-methyl/N-ethyl adjacent to an activating group) is 1. The first kappa shape index (κ1) is 13.4. The molecule has 0 saturated heterocycles. The number of unbranched alkanes of at least 4 members (excludes halogenated alkanes) is 4. The summed E-state index contributed by atoms with van der Waals surface area (Å²) in [4.78, 5) is 11.1. The summed E-state index contributed by atoms with van der Waals surface area (Å²) in [6.45, 7) is 4.07. The van der Waals surface area contributed by atoms with E-state index in [1.54, 1.807) is 7.05 Å². The van der Waals surface area contributed by atoms with Crippen molar-refractivity contribution in [2.45, 2.75) is 57.9 Å². The quantitative estimate of drug-likeness (QED) is 0.587. The van der Waals surface area contributed by atoms with Gasteiger partial charge in [0.25, 0.3) is 0 Å². The highest BCUT2D eigenvalue weighted by molar-refractivity contribution is 5.84. The molecule has 0 aromatic rings. The molecule has 3 nitrogen and oxygen atoms in total. The van der Waals surface area contributed by atoms with Crippen LogP contribution in [0.3, 0.4) is 0 Å². The summed E-state index contributed by atoms with van der Waals surface area (Å²) < 4.78 is 0. The highest BCUT2D eigenvalue weighted by atomic mass is 16.1. The van der Waals surface area contributed by atoms with Crippen LogP contribution in [0.2, 0.25) is 0 Å². The molecule has 14 heavy (non-hydrogen) atoms. The predicted octanol–water partition coefficient (Wildman–Crippen LogP) is 1.81. The summed E-state index contributed by atoms with van der Waals surface area (Å²) in [5.41, 5.74) is 4.80. The lowest BCUT2D eigenvalue weighted by Crippen LogP contribution is -2.51. The second-order valence-corrected chi connectivity index (χ2v) is 4.11. The smallest absolute Gasteiger partial charge is 0.237 e. The first-order valence-corrected chi connectivity index (χ1v) is 5.55. The fourth-order valence-electron chi connectivity index (χ4n) is 1.45. The van der Waals surface area contributed by atoms with E-state index < -0.39 is 5.54 Å². The largest absolute Gasteiger partial charge is 0.368 e. The molecule has 0 spiro atoms. The lowest BCUT2D eigenvalue weighted by Gasteiger charge is -2.25. The fourth-order valence-corrected chi connectivity index (χ4v) is 1.45. The summed E-state index contributed by atoms with van der Waals surface area (Å²) in [7, 11) is 1.79. The maximum absolute atomic E-state index is 11.1. The molecular weight excluding hydrogens is 176 g/mol. The van der Waals surface area contributed by atoms with Crippen molar-refractivity contribution in [3.63, 3.8) is 0 Å². The van der Waals surface area contributed by atoms with Crippen molar-refractivity contribution in [2.75, 3.05) is 7.05 Å². The van der Waals surface area contributed by atoms with E-state index in [0.29, 0.717) is 0 Å². The van der Waals surface area contributed by atoms with Crippen LogP contribution in [0.15, 0.2) is 0 Å². The van der Waals surface area contributed by atoms with E-state index in [9.17, 15) is 4.79 Å². The normalized spacial score (nSPS) is 15.1. The van der Waals surface area contributed by atoms with E-state index in [0.717, 1.165) is 12.8 Å². The minimum Gasteiger partial charge on any atom is -0.368 e. The van der Waals surface area contributed by atoms with Crippen LogP contribution >= 0.6 is 0 Å². The van der Waals surface area contributed by atoms with Crippen LogP contribution in [0.5, 0.6) is 0 Å². The Kier molecular flexibility index (Phi) is 6.54. The Hall–Kier alpha value is -0.570. The third kappa shape index (κ3) is 4.61. The highest BCUT2D eigenvalue weighted by Gasteiger charge is 2.27. The molecule has 0 aliphatic rings. The first-order valence-electron chi connectivity index (χ1n) is 5.55. The Balaban J connectivity index is 3.68. The first-order chi connectivity index (χ1) is 6.56. The number of nitrogens with one attached hydrogen (secondary N) is 1. The Morgan fingerprint density at radius 1 is 1.29 bits per heavy atom. The number of rotatable bonds is 8. The van der Waals surface area contributed by atoms with E-state index in [1.807, 2.05) is 6.92 Å². The molecule has 0 radical (unpaired) electrons. The van der Waals surface area contributed by atoms with Crippen molar-refractivity contribution in [1.82, 2.24) is 5.32 Å². The van der Waals surface area contributed by atoms with E-state index in [-0.39, 0.29) is 5.91 Å². The van der Waals surface area contributed by atoms with E-state index >= 15 is 0 Å². The van der Waals surface area contributed by atoms with Crippen molar-refractivity contribution < 1.29 is 4.79 Å². The van der Waals surface area contributed by atoms with Crippen molar-refractivity contribution in [3.8, 4) is 0 Å². The minimum atomic E-state index is -0.522. The van der Waals surface area contributed by atoms with Crippen LogP contribution in [0.1, 0.15) is 52.4 Å². The molecule has 0 aromatic heterocycles. The summed E-state index contributed by atoms with van der Waals surface area (Å²) in [6.07, 6.45) is 6.89. The van der Waals surface area contributed by atoms with Gasteiger partial charge in [-0.2, -0.15) is 0 Å². The number of hydrogen-bond acceptors (Lipinski definition) is 2. The van der Waals surface area contributed by atoms with Gasteiger partial charge in [0.05, 0.1) is 5.54 Å². The molecule has 0 bridgehead atoms. The van der Waals surface area contributed by atoms with Gasteiger partial charge in [-0.15, -0.1) is 0 Å². The number of hydrogen-bond donors (Lipinski definition) is 2. The number of carbonyl (C=O) groups is 1. The van der Waals surface area contributed by atoms with E-state index in [4.69, 9.17) is 5.73 Å². The van der Waals surface area contributed by atoms with Crippen molar-refractivity contribution in [1.29, 1.82) is 0 Å². The lowest BCUT2D eigenvalue weighted by molar-refractivity contribution is -0.123. The molecule has 84 valence electrons. The zero-order valence-corrected chi connectivity index (χ0v) is 9.73. The Bertz CT molecular complexity index is 171. The minimum absolute atomic E-state index is 0.254. The second-order valence-electron chi connectivity index (χ2n) is 4.11. The van der Waals surface area contributed by atoms with Crippen LogP contribution in [0.25, 0.3) is 0 Å². The van der Waals surface area contributed by atoms with Crippen LogP contribution in [0.4, 0.5) is 0 Å². The molecule has 3 N–H and O–H groups in total. The molecule has 1 atom stereocenters. The third-order valence-electron chi connectivity index (χ3n) is 2.88. The zero-order valence-electron chi connectivity index (χ0n) is 9.73. The summed E-state index contributed by atoms with van der Waals surface area (Å²) in [5.74, 6) is -0.254. The number of amides is 1. The Labute approximate surface area is 87.4 Å². The predicted molar refractivity (Wildman–Crippen MR) is 60.0 cm³/mol. The van der Waals surface area contributed by atoms with Gasteiger partial charge in [-0.25, -0.2) is 0 Å². The molecule has 0 aliphatic heterocycles. The third-order valence-corrected chi connectivity index (χ3v) is 2.88. The SMILES string of the molecule is CCCCCCCC(C)(NC)C(N)=O. The van der Waals surface area contributed by atoms with Crippen molar-refractivity contribution in [3.05, 3.63) is 0 Å². The zero-order chi connectivity index (χ0) is 11.0. The van der Waals surface area contributed by atoms with Gasteiger partial charge in [-0.1, -0.05) is 39.0 Å². The fraction of sp³-hybridized carbons (Fsp3) is 0.909. The molecule has 0 rings (SSSR count). The van der Waals surface area contributed by atoms with Crippen LogP contribution in [-0.2, 0) is 4.79 Å². The van der Waals surface area contributed by atoms with Gasteiger partial charge in [-0.3, -0.25) is 4.79 Å². The molecule has 0 aliphatic carbocycles. The molecule has 0 aromatic carbocycles. The van der Waals surface area contributed by atoms with Crippen molar-refractivity contribution >= 4 is 5.91 Å². The van der Waals surface area contributed by atoms with Gasteiger partial charge in [0.1, 0.15) is 0 Å². The van der Waals surface area contributed by atoms with Gasteiger partial charge in [0.15, 0.2) is 0 Å². The van der Waals surface area contributed by atoms with Gasteiger partial charge in [0, 0.05) is 0 Å². The monoisotopic (exact) mass is 200 g/mol. The topological polar surface area (TPSA) is 55.1 Å². The molecule has 3 heteroatoms. The van der Waals surface area contributed by atoms with Crippen LogP contribution in [0, 0.1) is 0 Å². The van der Waals surface area contributed by atoms with Gasteiger partial charge in [0.2, 0.25) is 5.91 Å². The summed E-state index contributed by atoms with van der Waals surface area (Å²) in [5, 5.41) is 2.99.